The van der Waals surface area contributed by atoms with Crippen LogP contribution in [0, 0.1) is 6.92 Å². The molecular formula is C23H34N6S3. The summed E-state index contributed by atoms with van der Waals surface area (Å²) in [5.74, 6) is 2.01. The summed E-state index contributed by atoms with van der Waals surface area (Å²) in [6.45, 7) is 12.1. The van der Waals surface area contributed by atoms with E-state index in [1.54, 1.807) is 23.5 Å². The number of para-hydroxylation sites is 2. The summed E-state index contributed by atoms with van der Waals surface area (Å²) in [5, 5.41) is 8.20. The third-order valence-corrected chi connectivity index (χ3v) is 7.69. The van der Waals surface area contributed by atoms with Gasteiger partial charge in [-0.15, -0.1) is 35.3 Å². The fourth-order valence-corrected chi connectivity index (χ4v) is 5.74. The van der Waals surface area contributed by atoms with E-state index in [9.17, 15) is 0 Å². The summed E-state index contributed by atoms with van der Waals surface area (Å²) in [6.07, 6.45) is 4.23. The van der Waals surface area contributed by atoms with E-state index in [0.717, 1.165) is 73.1 Å². The number of anilines is 2. The number of nitrogens with one attached hydrogen (secondary N) is 2. The standard InChI is InChI=1S/C23H34N6S3/c1-18-15-21(30-3)22(23(27-18)31-4)25-16-29-11-9-28(10-12-29)13-14-32-17-26-20-8-6-5-7-19(20)24-2/h5-8,15,25-26H,2,9-14,16-17H2,1,3-4H3. The molecule has 0 bridgehead atoms. The van der Waals surface area contributed by atoms with Gasteiger partial charge in [-0.3, -0.25) is 14.8 Å². The topological polar surface area (TPSA) is 55.8 Å². The molecule has 2 N–H and O–H groups in total. The summed E-state index contributed by atoms with van der Waals surface area (Å²) in [6, 6.07) is 10.2. The molecule has 174 valence electrons. The molecule has 32 heavy (non-hydrogen) atoms. The molecule has 0 unspecified atom stereocenters. The molecular weight excluding hydrogens is 456 g/mol. The average Bonchev–Trinajstić information content (AvgIpc) is 2.83. The van der Waals surface area contributed by atoms with Crippen molar-refractivity contribution in [3.05, 3.63) is 36.0 Å². The predicted octanol–water partition coefficient (Wildman–Crippen LogP) is 4.96. The largest absolute Gasteiger partial charge is 0.374 e. The first-order chi connectivity index (χ1) is 15.6. The van der Waals surface area contributed by atoms with Gasteiger partial charge in [0, 0.05) is 49.1 Å². The molecule has 0 radical (unpaired) electrons. The molecule has 9 heteroatoms. The maximum atomic E-state index is 4.70. The number of aromatic nitrogens is 1. The normalized spacial score (nSPS) is 15.0. The molecule has 0 spiro atoms. The molecule has 0 aliphatic carbocycles. The number of hydrogen-bond donors (Lipinski definition) is 2. The number of hydrogen-bond acceptors (Lipinski definition) is 9. The van der Waals surface area contributed by atoms with Gasteiger partial charge in [0.1, 0.15) is 5.03 Å². The van der Waals surface area contributed by atoms with Gasteiger partial charge in [0.2, 0.25) is 0 Å². The SMILES string of the molecule is C=Nc1ccccc1NCSCCN1CCN(CNc2c(SC)cc(C)nc2SC)CC1. The van der Waals surface area contributed by atoms with Crippen LogP contribution in [-0.2, 0) is 0 Å². The van der Waals surface area contributed by atoms with E-state index in [1.807, 2.05) is 30.0 Å². The van der Waals surface area contributed by atoms with Gasteiger partial charge < -0.3 is 10.6 Å². The number of aryl methyl sites for hydroxylation is 1. The minimum absolute atomic E-state index is 0.870. The number of piperazine rings is 1. The lowest BCUT2D eigenvalue weighted by Gasteiger charge is -2.35. The van der Waals surface area contributed by atoms with Crippen molar-refractivity contribution >= 4 is 59.1 Å². The highest BCUT2D eigenvalue weighted by molar-refractivity contribution is 7.99. The van der Waals surface area contributed by atoms with Crippen LogP contribution < -0.4 is 10.6 Å². The molecule has 1 aromatic heterocycles. The molecule has 0 saturated carbocycles. The number of benzene rings is 1. The first-order valence-corrected chi connectivity index (χ1v) is 14.4. The van der Waals surface area contributed by atoms with Gasteiger partial charge in [-0.2, -0.15) is 0 Å². The molecule has 1 saturated heterocycles. The zero-order chi connectivity index (χ0) is 22.8. The van der Waals surface area contributed by atoms with Crippen LogP contribution in [0.15, 0.2) is 45.2 Å². The van der Waals surface area contributed by atoms with Crippen LogP contribution in [0.5, 0.6) is 0 Å². The minimum Gasteiger partial charge on any atom is -0.374 e. The van der Waals surface area contributed by atoms with Crippen molar-refractivity contribution in [1.82, 2.24) is 14.8 Å². The summed E-state index contributed by atoms with van der Waals surface area (Å²) in [5.41, 5.74) is 4.21. The quantitative estimate of drug-likeness (QED) is 0.187. The Kier molecular flexibility index (Phi) is 10.5. The Hall–Kier alpha value is -1.39. The minimum atomic E-state index is 0.870. The van der Waals surface area contributed by atoms with Crippen molar-refractivity contribution in [3.8, 4) is 0 Å². The second kappa shape index (κ2) is 13.3. The Bertz CT molecular complexity index is 846. The summed E-state index contributed by atoms with van der Waals surface area (Å²) < 4.78 is 0. The smallest absolute Gasteiger partial charge is 0.120 e. The van der Waals surface area contributed by atoms with Crippen molar-refractivity contribution < 1.29 is 0 Å². The van der Waals surface area contributed by atoms with E-state index >= 15 is 0 Å². The van der Waals surface area contributed by atoms with Crippen LogP contribution in [0.1, 0.15) is 5.69 Å². The molecule has 1 aliphatic rings. The Morgan fingerprint density at radius 2 is 1.81 bits per heavy atom. The van der Waals surface area contributed by atoms with Gasteiger partial charge >= 0.3 is 0 Å². The van der Waals surface area contributed by atoms with Gasteiger partial charge in [0.25, 0.3) is 0 Å². The first kappa shape index (κ1) is 25.2. The zero-order valence-electron chi connectivity index (χ0n) is 19.3. The highest BCUT2D eigenvalue weighted by Gasteiger charge is 2.17. The van der Waals surface area contributed by atoms with Gasteiger partial charge in [-0.1, -0.05) is 12.1 Å². The highest BCUT2D eigenvalue weighted by atomic mass is 32.2. The van der Waals surface area contributed by atoms with E-state index in [2.05, 4.69) is 63.7 Å². The summed E-state index contributed by atoms with van der Waals surface area (Å²) in [4.78, 5) is 15.1. The van der Waals surface area contributed by atoms with E-state index in [0.29, 0.717) is 0 Å². The first-order valence-electron chi connectivity index (χ1n) is 10.8. The lowest BCUT2D eigenvalue weighted by Crippen LogP contribution is -2.48. The second-order valence-corrected chi connectivity index (χ2v) is 10.3. The van der Waals surface area contributed by atoms with Gasteiger partial charge in [-0.05, 0) is 44.4 Å². The molecule has 0 amide bonds. The summed E-state index contributed by atoms with van der Waals surface area (Å²) in [7, 11) is 0. The molecule has 2 heterocycles. The van der Waals surface area contributed by atoms with Crippen LogP contribution in [0.4, 0.5) is 17.1 Å². The molecule has 2 aromatic rings. The molecule has 6 nitrogen and oxygen atoms in total. The Labute approximate surface area is 205 Å². The van der Waals surface area contributed by atoms with Crippen LogP contribution in [0.25, 0.3) is 0 Å². The molecule has 1 aromatic carbocycles. The number of thioether (sulfide) groups is 3. The predicted molar refractivity (Wildman–Crippen MR) is 146 cm³/mol. The number of rotatable bonds is 12. The molecule has 1 aliphatic heterocycles. The van der Waals surface area contributed by atoms with E-state index in [-0.39, 0.29) is 0 Å². The fraction of sp³-hybridized carbons (Fsp3) is 0.478. The van der Waals surface area contributed by atoms with Crippen molar-refractivity contribution in [2.75, 3.05) is 74.2 Å². The average molecular weight is 491 g/mol. The third-order valence-electron chi connectivity index (χ3n) is 5.43. The van der Waals surface area contributed by atoms with Gasteiger partial charge in [0.15, 0.2) is 0 Å². The van der Waals surface area contributed by atoms with Crippen LogP contribution in [-0.4, -0.2) is 85.0 Å². The van der Waals surface area contributed by atoms with Gasteiger partial charge in [-0.25, -0.2) is 4.98 Å². The van der Waals surface area contributed by atoms with Crippen molar-refractivity contribution in [2.45, 2.75) is 16.8 Å². The zero-order valence-corrected chi connectivity index (χ0v) is 21.7. The molecule has 0 atom stereocenters. The number of aliphatic imine (C=N–C) groups is 1. The fourth-order valence-electron chi connectivity index (χ4n) is 3.60. The Morgan fingerprint density at radius 1 is 1.06 bits per heavy atom. The number of pyridine rings is 1. The van der Waals surface area contributed by atoms with Crippen LogP contribution >= 0.6 is 35.3 Å². The third kappa shape index (κ3) is 7.31. The van der Waals surface area contributed by atoms with Gasteiger partial charge in [0.05, 0.1) is 29.6 Å². The lowest BCUT2D eigenvalue weighted by atomic mass is 10.3. The molecule has 1 fully saturated rings. The van der Waals surface area contributed by atoms with Crippen molar-refractivity contribution in [2.24, 2.45) is 4.99 Å². The Morgan fingerprint density at radius 3 is 2.53 bits per heavy atom. The number of nitrogens with zero attached hydrogens (tertiary/aromatic N) is 4. The van der Waals surface area contributed by atoms with E-state index in [4.69, 9.17) is 4.98 Å². The highest BCUT2D eigenvalue weighted by Crippen LogP contribution is 2.33. The van der Waals surface area contributed by atoms with Crippen LogP contribution in [0.3, 0.4) is 0 Å². The molecule has 3 rings (SSSR count). The van der Waals surface area contributed by atoms with E-state index in [1.165, 1.54) is 10.6 Å². The lowest BCUT2D eigenvalue weighted by molar-refractivity contribution is 0.145. The monoisotopic (exact) mass is 490 g/mol. The van der Waals surface area contributed by atoms with Crippen molar-refractivity contribution in [1.29, 1.82) is 0 Å². The maximum Gasteiger partial charge on any atom is 0.120 e. The summed E-state index contributed by atoms with van der Waals surface area (Å²) >= 11 is 5.42. The van der Waals surface area contributed by atoms with E-state index < -0.39 is 0 Å². The van der Waals surface area contributed by atoms with Crippen LogP contribution in [0.2, 0.25) is 0 Å². The maximum absolute atomic E-state index is 4.70. The Balaban J connectivity index is 1.35. The second-order valence-electron chi connectivity index (χ2n) is 7.55. The van der Waals surface area contributed by atoms with Crippen molar-refractivity contribution in [3.63, 3.8) is 0 Å².